The maximum absolute atomic E-state index is 4.29. The smallest absolute Gasteiger partial charge is 0.105 e. The lowest BCUT2D eigenvalue weighted by atomic mass is 10.0. The number of aromatic nitrogens is 2. The van der Waals surface area contributed by atoms with E-state index in [1.54, 1.807) is 0 Å². The van der Waals surface area contributed by atoms with Crippen molar-refractivity contribution >= 4 is 0 Å². The average molecular weight is 283 g/mol. The quantitative estimate of drug-likeness (QED) is 0.882. The van der Waals surface area contributed by atoms with E-state index in [4.69, 9.17) is 0 Å². The summed E-state index contributed by atoms with van der Waals surface area (Å²) in [5, 5.41) is 3.85. The molecule has 1 aliphatic carbocycles. The maximum atomic E-state index is 4.29. The van der Waals surface area contributed by atoms with Gasteiger partial charge in [0.15, 0.2) is 0 Å². The van der Waals surface area contributed by atoms with Gasteiger partial charge in [0.05, 0.1) is 0 Å². The third kappa shape index (κ3) is 3.53. The van der Waals surface area contributed by atoms with Gasteiger partial charge < -0.3 is 9.88 Å². The molecule has 1 atom stereocenters. The van der Waals surface area contributed by atoms with E-state index in [2.05, 4.69) is 66.1 Å². The fraction of sp³-hybridized carbons (Fsp3) is 0.500. The third-order valence-corrected chi connectivity index (χ3v) is 4.43. The van der Waals surface area contributed by atoms with Crippen molar-refractivity contribution < 1.29 is 0 Å². The highest BCUT2D eigenvalue weighted by Crippen LogP contribution is 2.39. The summed E-state index contributed by atoms with van der Waals surface area (Å²) in [5.41, 5.74) is 3.12. The van der Waals surface area contributed by atoms with Crippen LogP contribution < -0.4 is 5.32 Å². The Bertz CT molecular complexity index is 610. The number of hydrogen-bond donors (Lipinski definition) is 1. The fourth-order valence-electron chi connectivity index (χ4n) is 3.20. The Labute approximate surface area is 127 Å². The molecular weight excluding hydrogens is 258 g/mol. The van der Waals surface area contributed by atoms with Gasteiger partial charge in [-0.15, -0.1) is 0 Å². The SMILES string of the molecule is Cc1cccc(CC2(N[C@@H](C)Cn3ccnc3C)CC2)c1. The van der Waals surface area contributed by atoms with E-state index in [9.17, 15) is 0 Å². The highest BCUT2D eigenvalue weighted by atomic mass is 15.1. The number of nitrogens with zero attached hydrogens (tertiary/aromatic N) is 2. The van der Waals surface area contributed by atoms with Crippen LogP contribution in [0.25, 0.3) is 0 Å². The van der Waals surface area contributed by atoms with E-state index >= 15 is 0 Å². The summed E-state index contributed by atoms with van der Waals surface area (Å²) in [6.07, 6.45) is 7.65. The molecular formula is C18H25N3. The number of imidazole rings is 1. The Morgan fingerprint density at radius 1 is 1.33 bits per heavy atom. The van der Waals surface area contributed by atoms with Gasteiger partial charge in [0.1, 0.15) is 5.82 Å². The highest BCUT2D eigenvalue weighted by Gasteiger charge is 2.43. The van der Waals surface area contributed by atoms with Gasteiger partial charge >= 0.3 is 0 Å². The van der Waals surface area contributed by atoms with Crippen LogP contribution in [0, 0.1) is 13.8 Å². The zero-order valence-electron chi connectivity index (χ0n) is 13.3. The minimum absolute atomic E-state index is 0.321. The molecule has 1 fully saturated rings. The van der Waals surface area contributed by atoms with E-state index in [-0.39, 0.29) is 0 Å². The summed E-state index contributed by atoms with van der Waals surface area (Å²) < 4.78 is 2.22. The first-order valence-electron chi connectivity index (χ1n) is 7.87. The summed E-state index contributed by atoms with van der Waals surface area (Å²) in [6.45, 7) is 7.49. The Kier molecular flexibility index (Phi) is 3.85. The minimum atomic E-state index is 0.321. The van der Waals surface area contributed by atoms with Gasteiger partial charge in [0.25, 0.3) is 0 Å². The number of hydrogen-bond acceptors (Lipinski definition) is 2. The number of nitrogens with one attached hydrogen (secondary N) is 1. The van der Waals surface area contributed by atoms with Gasteiger partial charge in [-0.1, -0.05) is 29.8 Å². The molecule has 0 saturated heterocycles. The van der Waals surface area contributed by atoms with Crippen molar-refractivity contribution in [3.05, 3.63) is 53.6 Å². The molecule has 2 aromatic rings. The average Bonchev–Trinajstić information content (AvgIpc) is 3.04. The predicted molar refractivity (Wildman–Crippen MR) is 86.4 cm³/mol. The summed E-state index contributed by atoms with van der Waals surface area (Å²) in [4.78, 5) is 4.29. The van der Waals surface area contributed by atoms with Crippen LogP contribution in [0.2, 0.25) is 0 Å². The Hall–Kier alpha value is -1.61. The van der Waals surface area contributed by atoms with E-state index in [1.807, 2.05) is 6.20 Å². The summed E-state index contributed by atoms with van der Waals surface area (Å²) in [6, 6.07) is 9.36. The first-order valence-corrected chi connectivity index (χ1v) is 7.87. The maximum Gasteiger partial charge on any atom is 0.105 e. The Morgan fingerprint density at radius 3 is 2.76 bits per heavy atom. The van der Waals surface area contributed by atoms with Crippen LogP contribution >= 0.6 is 0 Å². The number of rotatable bonds is 6. The van der Waals surface area contributed by atoms with Gasteiger partial charge in [0.2, 0.25) is 0 Å². The molecule has 0 amide bonds. The molecule has 3 rings (SSSR count). The zero-order valence-corrected chi connectivity index (χ0v) is 13.3. The number of aryl methyl sites for hydroxylation is 2. The zero-order chi connectivity index (χ0) is 14.9. The summed E-state index contributed by atoms with van der Waals surface area (Å²) in [7, 11) is 0. The first-order chi connectivity index (χ1) is 10.1. The molecule has 3 nitrogen and oxygen atoms in total. The molecule has 0 aliphatic heterocycles. The monoisotopic (exact) mass is 283 g/mol. The lowest BCUT2D eigenvalue weighted by molar-refractivity contribution is 0.388. The molecule has 0 radical (unpaired) electrons. The van der Waals surface area contributed by atoms with Crippen LogP contribution in [-0.2, 0) is 13.0 Å². The molecule has 3 heteroatoms. The second kappa shape index (κ2) is 5.64. The largest absolute Gasteiger partial charge is 0.334 e. The molecule has 21 heavy (non-hydrogen) atoms. The first kappa shape index (κ1) is 14.3. The Balaban J connectivity index is 1.60. The lowest BCUT2D eigenvalue weighted by Crippen LogP contribution is -2.42. The molecule has 0 bridgehead atoms. The van der Waals surface area contributed by atoms with Crippen LogP contribution in [0.1, 0.15) is 36.7 Å². The normalized spacial score (nSPS) is 17.7. The molecule has 1 aliphatic rings. The van der Waals surface area contributed by atoms with Crippen molar-refractivity contribution in [2.45, 2.75) is 58.2 Å². The summed E-state index contributed by atoms with van der Waals surface area (Å²) in [5.74, 6) is 1.09. The van der Waals surface area contributed by atoms with Crippen LogP contribution in [-0.4, -0.2) is 21.1 Å². The molecule has 1 saturated carbocycles. The molecule has 1 aromatic heterocycles. The van der Waals surface area contributed by atoms with Gasteiger partial charge in [-0.3, -0.25) is 0 Å². The van der Waals surface area contributed by atoms with Crippen molar-refractivity contribution in [3.63, 3.8) is 0 Å². The van der Waals surface area contributed by atoms with Gasteiger partial charge in [0, 0.05) is 30.5 Å². The van der Waals surface area contributed by atoms with E-state index in [0.717, 1.165) is 18.8 Å². The lowest BCUT2D eigenvalue weighted by Gasteiger charge is -2.24. The molecule has 0 unspecified atom stereocenters. The summed E-state index contributed by atoms with van der Waals surface area (Å²) >= 11 is 0. The molecule has 1 aromatic carbocycles. The fourth-order valence-corrected chi connectivity index (χ4v) is 3.20. The van der Waals surface area contributed by atoms with Crippen LogP contribution in [0.15, 0.2) is 36.7 Å². The standard InChI is InChI=1S/C18H25N3/c1-14-5-4-6-17(11-14)12-18(7-8-18)20-15(2)13-21-10-9-19-16(21)3/h4-6,9-11,15,20H,7-8,12-13H2,1-3H3/t15-/m0/s1. The predicted octanol–water partition coefficient (Wildman–Crippen LogP) is 3.25. The number of benzene rings is 1. The molecule has 0 spiro atoms. The molecule has 1 heterocycles. The van der Waals surface area contributed by atoms with Crippen LogP contribution in [0.5, 0.6) is 0 Å². The molecule has 1 N–H and O–H groups in total. The topological polar surface area (TPSA) is 29.9 Å². The third-order valence-electron chi connectivity index (χ3n) is 4.43. The molecule has 112 valence electrons. The van der Waals surface area contributed by atoms with E-state index in [0.29, 0.717) is 11.6 Å². The Morgan fingerprint density at radius 2 is 2.14 bits per heavy atom. The van der Waals surface area contributed by atoms with Crippen molar-refractivity contribution in [2.75, 3.05) is 0 Å². The second-order valence-electron chi connectivity index (χ2n) is 6.62. The van der Waals surface area contributed by atoms with Crippen molar-refractivity contribution in [1.82, 2.24) is 14.9 Å². The van der Waals surface area contributed by atoms with Gasteiger partial charge in [-0.2, -0.15) is 0 Å². The minimum Gasteiger partial charge on any atom is -0.334 e. The van der Waals surface area contributed by atoms with Crippen molar-refractivity contribution in [3.8, 4) is 0 Å². The van der Waals surface area contributed by atoms with Gasteiger partial charge in [-0.25, -0.2) is 4.98 Å². The van der Waals surface area contributed by atoms with Gasteiger partial charge in [-0.05, 0) is 45.6 Å². The van der Waals surface area contributed by atoms with E-state index < -0.39 is 0 Å². The van der Waals surface area contributed by atoms with Crippen molar-refractivity contribution in [2.24, 2.45) is 0 Å². The van der Waals surface area contributed by atoms with Crippen LogP contribution in [0.3, 0.4) is 0 Å². The highest BCUT2D eigenvalue weighted by molar-refractivity contribution is 5.26. The van der Waals surface area contributed by atoms with E-state index in [1.165, 1.54) is 24.0 Å². The second-order valence-corrected chi connectivity index (χ2v) is 6.62. The van der Waals surface area contributed by atoms with Crippen molar-refractivity contribution in [1.29, 1.82) is 0 Å². The van der Waals surface area contributed by atoms with Crippen LogP contribution in [0.4, 0.5) is 0 Å².